The van der Waals surface area contributed by atoms with Gasteiger partial charge in [-0.3, -0.25) is 9.59 Å². The van der Waals surface area contributed by atoms with Gasteiger partial charge in [-0.1, -0.05) is 30.3 Å². The molecule has 3 rings (SSSR count). The molecule has 0 aliphatic carbocycles. The van der Waals surface area contributed by atoms with Crippen molar-refractivity contribution in [3.05, 3.63) is 58.7 Å². The van der Waals surface area contributed by atoms with Crippen LogP contribution in [0.25, 0.3) is 5.78 Å². The highest BCUT2D eigenvalue weighted by molar-refractivity contribution is 5.84. The molecule has 0 bridgehead atoms. The summed E-state index contributed by atoms with van der Waals surface area (Å²) in [6.45, 7) is 3.43. The average Bonchev–Trinajstić information content (AvgIpc) is 3.16. The van der Waals surface area contributed by atoms with E-state index in [9.17, 15) is 22.8 Å². The van der Waals surface area contributed by atoms with Gasteiger partial charge in [-0.05, 0) is 31.4 Å². The first-order valence-corrected chi connectivity index (χ1v) is 9.52. The van der Waals surface area contributed by atoms with Crippen LogP contribution >= 0.6 is 0 Å². The van der Waals surface area contributed by atoms with Crippen molar-refractivity contribution < 1.29 is 22.8 Å². The van der Waals surface area contributed by atoms with Crippen molar-refractivity contribution in [3.8, 4) is 0 Å². The van der Waals surface area contributed by atoms with Crippen LogP contribution in [0.2, 0.25) is 0 Å². The van der Waals surface area contributed by atoms with Crippen LogP contribution in [0.1, 0.15) is 34.8 Å². The van der Waals surface area contributed by atoms with Crippen LogP contribution < -0.4 is 10.6 Å². The van der Waals surface area contributed by atoms with E-state index in [-0.39, 0.29) is 37.0 Å². The van der Waals surface area contributed by atoms with E-state index in [1.54, 1.807) is 13.8 Å². The zero-order valence-electron chi connectivity index (χ0n) is 17.0. The fourth-order valence-corrected chi connectivity index (χ4v) is 3.06. The Balaban J connectivity index is 1.55. The lowest BCUT2D eigenvalue weighted by atomic mass is 10.1. The van der Waals surface area contributed by atoms with Gasteiger partial charge in [-0.2, -0.15) is 18.2 Å². The summed E-state index contributed by atoms with van der Waals surface area (Å²) in [7, 11) is 0. The minimum atomic E-state index is -4.67. The Morgan fingerprint density at radius 3 is 2.42 bits per heavy atom. The van der Waals surface area contributed by atoms with E-state index in [2.05, 4.69) is 25.7 Å². The molecule has 0 saturated heterocycles. The topological polar surface area (TPSA) is 101 Å². The number of carbonyl (C=O) groups excluding carboxylic acids is 2. The first kappa shape index (κ1) is 22.2. The Morgan fingerprint density at radius 2 is 1.74 bits per heavy atom. The molecule has 31 heavy (non-hydrogen) atoms. The SMILES string of the molecule is Cc1nc2nc(C(F)(F)F)nn2c(C)c1CCC(=O)NCC(=O)NCc1ccccc1. The number of hydrogen-bond donors (Lipinski definition) is 2. The van der Waals surface area contributed by atoms with E-state index in [4.69, 9.17) is 0 Å². The molecule has 8 nitrogen and oxygen atoms in total. The van der Waals surface area contributed by atoms with E-state index in [1.807, 2.05) is 30.3 Å². The van der Waals surface area contributed by atoms with Gasteiger partial charge in [0.25, 0.3) is 11.6 Å². The number of nitrogens with one attached hydrogen (secondary N) is 2. The molecular formula is C20H21F3N6O2. The van der Waals surface area contributed by atoms with E-state index in [1.165, 1.54) is 0 Å². The number of aryl methyl sites for hydroxylation is 2. The number of carbonyl (C=O) groups is 2. The summed E-state index contributed by atoms with van der Waals surface area (Å²) in [5.41, 5.74) is 2.45. The molecule has 164 valence electrons. The highest BCUT2D eigenvalue weighted by Gasteiger charge is 2.36. The van der Waals surface area contributed by atoms with Crippen LogP contribution in [-0.2, 0) is 28.7 Å². The summed E-state index contributed by atoms with van der Waals surface area (Å²) in [5.74, 6) is -2.09. The number of rotatable bonds is 7. The molecule has 0 aliphatic rings. The first-order valence-electron chi connectivity index (χ1n) is 9.52. The third-order valence-corrected chi connectivity index (χ3v) is 4.68. The first-order chi connectivity index (χ1) is 14.6. The molecular weight excluding hydrogens is 413 g/mol. The third kappa shape index (κ3) is 5.56. The van der Waals surface area contributed by atoms with Crippen molar-refractivity contribution in [2.45, 2.75) is 39.4 Å². The highest BCUT2D eigenvalue weighted by Crippen LogP contribution is 2.27. The molecule has 0 aliphatic heterocycles. The van der Waals surface area contributed by atoms with Gasteiger partial charge in [-0.15, -0.1) is 5.10 Å². The molecule has 1 aromatic carbocycles. The van der Waals surface area contributed by atoms with Crippen LogP contribution in [0.4, 0.5) is 13.2 Å². The smallest absolute Gasteiger partial charge is 0.350 e. The molecule has 0 atom stereocenters. The number of amides is 2. The minimum absolute atomic E-state index is 0.0433. The molecule has 3 aromatic rings. The van der Waals surface area contributed by atoms with Crippen LogP contribution in [-0.4, -0.2) is 37.9 Å². The summed E-state index contributed by atoms with van der Waals surface area (Å²) < 4.78 is 39.6. The maximum Gasteiger partial charge on any atom is 0.453 e. The van der Waals surface area contributed by atoms with E-state index < -0.39 is 12.0 Å². The molecule has 0 saturated carbocycles. The number of nitrogens with zero attached hydrogens (tertiary/aromatic N) is 4. The summed E-state index contributed by atoms with van der Waals surface area (Å²) in [5, 5.41) is 8.72. The number of halogens is 3. The fourth-order valence-electron chi connectivity index (χ4n) is 3.06. The summed E-state index contributed by atoms with van der Waals surface area (Å²) in [6.07, 6.45) is -4.39. The van der Waals surface area contributed by atoms with Crippen molar-refractivity contribution >= 4 is 17.6 Å². The van der Waals surface area contributed by atoms with Crippen molar-refractivity contribution in [1.82, 2.24) is 30.2 Å². The lowest BCUT2D eigenvalue weighted by molar-refractivity contribution is -0.144. The molecule has 0 radical (unpaired) electrons. The van der Waals surface area contributed by atoms with E-state index >= 15 is 0 Å². The second-order valence-corrected chi connectivity index (χ2v) is 6.95. The van der Waals surface area contributed by atoms with Crippen LogP contribution in [0.15, 0.2) is 30.3 Å². The van der Waals surface area contributed by atoms with Crippen molar-refractivity contribution in [2.24, 2.45) is 0 Å². The maximum absolute atomic E-state index is 12.9. The molecule has 11 heteroatoms. The lowest BCUT2D eigenvalue weighted by Gasteiger charge is -2.11. The Morgan fingerprint density at radius 1 is 1.03 bits per heavy atom. The fraction of sp³-hybridized carbons (Fsp3) is 0.350. The predicted molar refractivity (Wildman–Crippen MR) is 105 cm³/mol. The van der Waals surface area contributed by atoms with Crippen LogP contribution in [0, 0.1) is 13.8 Å². The van der Waals surface area contributed by atoms with E-state index in [0.29, 0.717) is 23.5 Å². The van der Waals surface area contributed by atoms with E-state index in [0.717, 1.165) is 10.1 Å². The largest absolute Gasteiger partial charge is 0.453 e. The molecule has 0 unspecified atom stereocenters. The Kier molecular flexibility index (Phi) is 6.52. The zero-order chi connectivity index (χ0) is 22.6. The maximum atomic E-state index is 12.9. The molecule has 2 aromatic heterocycles. The highest BCUT2D eigenvalue weighted by atomic mass is 19.4. The molecule has 2 heterocycles. The van der Waals surface area contributed by atoms with Gasteiger partial charge in [0.15, 0.2) is 0 Å². The number of benzene rings is 1. The van der Waals surface area contributed by atoms with Crippen molar-refractivity contribution in [3.63, 3.8) is 0 Å². The average molecular weight is 434 g/mol. The van der Waals surface area contributed by atoms with Gasteiger partial charge in [-0.25, -0.2) is 9.50 Å². The van der Waals surface area contributed by atoms with Gasteiger partial charge in [0, 0.05) is 24.4 Å². The number of fused-ring (bicyclic) bond motifs is 1. The monoisotopic (exact) mass is 434 g/mol. The lowest BCUT2D eigenvalue weighted by Crippen LogP contribution is -2.36. The summed E-state index contributed by atoms with van der Waals surface area (Å²) in [6, 6.07) is 9.36. The van der Waals surface area contributed by atoms with Crippen molar-refractivity contribution in [2.75, 3.05) is 6.54 Å². The standard InChI is InChI=1S/C20H21F3N6O2/c1-12-15(13(2)29-19(26-12)27-18(28-29)20(21,22)23)8-9-16(30)25-11-17(31)24-10-14-6-4-3-5-7-14/h3-7H,8-11H2,1-2H3,(H,24,31)(H,25,30). The minimum Gasteiger partial charge on any atom is -0.350 e. The Labute approximate surface area is 175 Å². The van der Waals surface area contributed by atoms with Gasteiger partial charge in [0.2, 0.25) is 11.8 Å². The number of alkyl halides is 3. The molecule has 2 N–H and O–H groups in total. The number of hydrogen-bond acceptors (Lipinski definition) is 5. The summed E-state index contributed by atoms with van der Waals surface area (Å²) in [4.78, 5) is 31.5. The molecule has 0 spiro atoms. The summed E-state index contributed by atoms with van der Waals surface area (Å²) >= 11 is 0. The van der Waals surface area contributed by atoms with Gasteiger partial charge < -0.3 is 10.6 Å². The van der Waals surface area contributed by atoms with Gasteiger partial charge in [0.1, 0.15) is 0 Å². The Hall–Kier alpha value is -3.50. The van der Waals surface area contributed by atoms with Gasteiger partial charge in [0.05, 0.1) is 6.54 Å². The van der Waals surface area contributed by atoms with Gasteiger partial charge >= 0.3 is 6.18 Å². The third-order valence-electron chi connectivity index (χ3n) is 4.68. The Bertz CT molecular complexity index is 1100. The zero-order valence-corrected chi connectivity index (χ0v) is 17.0. The molecule has 2 amide bonds. The quantitative estimate of drug-likeness (QED) is 0.593. The predicted octanol–water partition coefficient (Wildman–Crippen LogP) is 2.13. The normalized spacial score (nSPS) is 11.5. The van der Waals surface area contributed by atoms with Crippen LogP contribution in [0.5, 0.6) is 0 Å². The second kappa shape index (κ2) is 9.11. The van der Waals surface area contributed by atoms with Crippen LogP contribution in [0.3, 0.4) is 0 Å². The molecule has 0 fully saturated rings. The van der Waals surface area contributed by atoms with Crippen molar-refractivity contribution in [1.29, 1.82) is 0 Å². The second-order valence-electron chi connectivity index (χ2n) is 6.95. The number of aromatic nitrogens is 4.